The van der Waals surface area contributed by atoms with E-state index < -0.39 is 0 Å². The van der Waals surface area contributed by atoms with E-state index in [1.54, 1.807) is 11.3 Å². The minimum absolute atomic E-state index is 0.492. The second-order valence-electron chi connectivity index (χ2n) is 24.0. The number of fused-ring (bicyclic) bond motifs is 13. The third kappa shape index (κ3) is 8.03. The average molecular weight is 1200 g/mol. The molecule has 0 aliphatic rings. The van der Waals surface area contributed by atoms with Gasteiger partial charge in [0.15, 0.2) is 0 Å². The van der Waals surface area contributed by atoms with Crippen LogP contribution in [0.4, 0.5) is 0 Å². The summed E-state index contributed by atoms with van der Waals surface area (Å²) in [6, 6.07) is 117. The van der Waals surface area contributed by atoms with E-state index >= 15 is 0 Å². The Balaban J connectivity index is 1.10. The highest BCUT2D eigenvalue weighted by Gasteiger charge is 2.36. The molecule has 0 saturated heterocycles. The van der Waals surface area contributed by atoms with E-state index in [9.17, 15) is 5.26 Å². The molecule has 7 heteroatoms. The van der Waals surface area contributed by atoms with Gasteiger partial charge in [-0.05, 0) is 129 Å². The van der Waals surface area contributed by atoms with Crippen molar-refractivity contribution >= 4 is 109 Å². The summed E-state index contributed by atoms with van der Waals surface area (Å²) in [7, 11) is 0. The molecule has 93 heavy (non-hydrogen) atoms. The first kappa shape index (κ1) is 52.6. The first-order chi connectivity index (χ1) is 46.1. The van der Waals surface area contributed by atoms with Crippen LogP contribution in [0.3, 0.4) is 0 Å². The Morgan fingerprint density at radius 2 is 0.559 bits per heavy atom. The lowest BCUT2D eigenvalue weighted by molar-refractivity contribution is 1.03. The molecule has 0 aliphatic heterocycles. The molecule has 0 saturated carbocycles. The molecule has 432 valence electrons. The number of thiazole rings is 1. The molecule has 0 N–H and O–H groups in total. The standard InChI is InChI=1S/C86H52N6S/c87-53-70-82(89-72-36-18-13-31-62(72)66-49-58(41-45-76(66)89)54-23-5-1-6-24-54)81(86-88-71-35-17-22-40-80(71)93-86)84(91-74-38-20-15-33-64(74)68-51-60(43-47-78(68)91)56-27-9-3-10-28-56)85(92-75-39-21-16-34-65(75)69-52-61(44-48-79(69)92)57-29-11-4-12-30-57)83(70)90-73-37-19-14-32-63(73)67-50-59(42-46-77(67)90)55-25-7-2-8-26-55/h1-52H. The quantitative estimate of drug-likeness (QED) is 0.145. The van der Waals surface area contributed by atoms with E-state index in [0.29, 0.717) is 5.56 Å². The summed E-state index contributed by atoms with van der Waals surface area (Å²) < 4.78 is 10.9. The fourth-order valence-corrected chi connectivity index (χ4v) is 16.0. The Hall–Kier alpha value is -12.3. The predicted molar refractivity (Wildman–Crippen MR) is 389 cm³/mol. The molecule has 5 heterocycles. The van der Waals surface area contributed by atoms with Gasteiger partial charge in [0.2, 0.25) is 0 Å². The second-order valence-corrected chi connectivity index (χ2v) is 25.1. The fourth-order valence-electron chi connectivity index (χ4n) is 15.0. The highest BCUT2D eigenvalue weighted by Crippen LogP contribution is 2.53. The Kier molecular flexibility index (Phi) is 11.8. The summed E-state index contributed by atoms with van der Waals surface area (Å²) in [4.78, 5) is 5.82. The van der Waals surface area contributed by atoms with Crippen LogP contribution in [0.2, 0.25) is 0 Å². The molecule has 0 aliphatic carbocycles. The van der Waals surface area contributed by atoms with Gasteiger partial charge >= 0.3 is 0 Å². The molecule has 19 aromatic rings. The zero-order chi connectivity index (χ0) is 61.3. The molecule has 0 amide bonds. The van der Waals surface area contributed by atoms with Crippen LogP contribution in [0.15, 0.2) is 315 Å². The van der Waals surface area contributed by atoms with E-state index in [-0.39, 0.29) is 0 Å². The second kappa shape index (κ2) is 20.9. The molecule has 0 bridgehead atoms. The number of para-hydroxylation sites is 5. The van der Waals surface area contributed by atoms with Crippen molar-refractivity contribution in [3.63, 3.8) is 0 Å². The first-order valence-corrected chi connectivity index (χ1v) is 32.3. The van der Waals surface area contributed by atoms with Gasteiger partial charge in [-0.1, -0.05) is 231 Å². The predicted octanol–water partition coefficient (Wildman–Crippen LogP) is 22.9. The van der Waals surface area contributed by atoms with Crippen LogP contribution in [0.25, 0.3) is 175 Å². The lowest BCUT2D eigenvalue weighted by Gasteiger charge is -2.28. The van der Waals surface area contributed by atoms with E-state index in [4.69, 9.17) is 4.98 Å². The summed E-state index contributed by atoms with van der Waals surface area (Å²) in [5, 5.41) is 22.8. The maximum Gasteiger partial charge on any atom is 0.128 e. The third-order valence-corrected chi connectivity index (χ3v) is 20.1. The van der Waals surface area contributed by atoms with Crippen LogP contribution < -0.4 is 0 Å². The fraction of sp³-hybridized carbons (Fsp3) is 0. The van der Waals surface area contributed by atoms with Crippen molar-refractivity contribution in [1.82, 2.24) is 23.3 Å². The number of hydrogen-bond acceptors (Lipinski definition) is 3. The van der Waals surface area contributed by atoms with Gasteiger partial charge in [0.25, 0.3) is 0 Å². The summed E-state index contributed by atoms with van der Waals surface area (Å²) in [6.07, 6.45) is 0. The largest absolute Gasteiger partial charge is 0.307 e. The van der Waals surface area contributed by atoms with Crippen LogP contribution in [-0.4, -0.2) is 23.3 Å². The molecule has 0 atom stereocenters. The Labute approximate surface area is 538 Å². The molecule has 14 aromatic carbocycles. The van der Waals surface area contributed by atoms with Gasteiger partial charge in [-0.3, -0.25) is 0 Å². The molecule has 6 nitrogen and oxygen atoms in total. The smallest absolute Gasteiger partial charge is 0.128 e. The van der Waals surface area contributed by atoms with Gasteiger partial charge in [0, 0.05) is 43.1 Å². The van der Waals surface area contributed by atoms with Crippen LogP contribution in [-0.2, 0) is 0 Å². The monoisotopic (exact) mass is 1200 g/mol. The summed E-state index contributed by atoms with van der Waals surface area (Å²) in [5.41, 5.74) is 22.2. The molecule has 5 aromatic heterocycles. The van der Waals surface area contributed by atoms with Gasteiger partial charge in [0.1, 0.15) is 16.6 Å². The minimum Gasteiger partial charge on any atom is -0.307 e. The van der Waals surface area contributed by atoms with Crippen molar-refractivity contribution < 1.29 is 0 Å². The zero-order valence-corrected chi connectivity index (χ0v) is 50.9. The highest BCUT2D eigenvalue weighted by molar-refractivity contribution is 7.21. The number of rotatable bonds is 9. The van der Waals surface area contributed by atoms with Crippen molar-refractivity contribution in [1.29, 1.82) is 5.26 Å². The molecule has 0 unspecified atom stereocenters. The van der Waals surface area contributed by atoms with Crippen molar-refractivity contribution in [2.24, 2.45) is 0 Å². The molecule has 0 fully saturated rings. The van der Waals surface area contributed by atoms with Crippen LogP contribution in [0.1, 0.15) is 5.56 Å². The molecule has 19 rings (SSSR count). The summed E-state index contributed by atoms with van der Waals surface area (Å²) in [6.45, 7) is 0. The summed E-state index contributed by atoms with van der Waals surface area (Å²) >= 11 is 1.67. The van der Waals surface area contributed by atoms with Crippen molar-refractivity contribution in [2.45, 2.75) is 0 Å². The van der Waals surface area contributed by atoms with Crippen LogP contribution >= 0.6 is 11.3 Å². The number of nitrogens with zero attached hydrogens (tertiary/aromatic N) is 6. The van der Waals surface area contributed by atoms with Crippen molar-refractivity contribution in [3.8, 4) is 83.9 Å². The Morgan fingerprint density at radius 1 is 0.258 bits per heavy atom. The van der Waals surface area contributed by atoms with Crippen LogP contribution in [0, 0.1) is 11.3 Å². The van der Waals surface area contributed by atoms with Gasteiger partial charge in [0.05, 0.1) is 82.7 Å². The van der Waals surface area contributed by atoms with Crippen molar-refractivity contribution in [2.75, 3.05) is 0 Å². The Morgan fingerprint density at radius 3 is 0.925 bits per heavy atom. The van der Waals surface area contributed by atoms with E-state index in [0.717, 1.165) is 175 Å². The zero-order valence-electron chi connectivity index (χ0n) is 50.1. The van der Waals surface area contributed by atoms with Crippen LogP contribution in [0.5, 0.6) is 0 Å². The average Bonchev–Trinajstić information content (AvgIpc) is 1.59. The number of aromatic nitrogens is 5. The number of hydrogen-bond donors (Lipinski definition) is 0. The number of nitriles is 1. The van der Waals surface area contributed by atoms with Gasteiger partial charge in [-0.2, -0.15) is 5.26 Å². The topological polar surface area (TPSA) is 56.4 Å². The third-order valence-electron chi connectivity index (χ3n) is 19.0. The lowest BCUT2D eigenvalue weighted by Crippen LogP contribution is -2.16. The molecule has 0 spiro atoms. The SMILES string of the molecule is N#Cc1c(-n2c3ccccc3c3cc(-c4ccccc4)ccc32)c(-c2nc3ccccc3s2)c(-n2c3ccccc3c3cc(-c4ccccc4)ccc32)c(-n2c3ccccc3c3cc(-c4ccccc4)ccc32)c1-n1c2ccccc2c2cc(-c3ccccc3)ccc21. The van der Waals surface area contributed by atoms with E-state index in [1.165, 1.54) is 0 Å². The van der Waals surface area contributed by atoms with Crippen molar-refractivity contribution in [3.05, 3.63) is 321 Å². The molecular weight excluding hydrogens is 1150 g/mol. The normalized spacial score (nSPS) is 11.9. The Bertz CT molecular complexity index is 6260. The first-order valence-electron chi connectivity index (χ1n) is 31.5. The minimum atomic E-state index is 0.492. The highest BCUT2D eigenvalue weighted by atomic mass is 32.1. The maximum atomic E-state index is 13.3. The van der Waals surface area contributed by atoms with Gasteiger partial charge in [-0.15, -0.1) is 11.3 Å². The van der Waals surface area contributed by atoms with E-state index in [1.807, 2.05) is 0 Å². The lowest BCUT2D eigenvalue weighted by atomic mass is 9.97. The summed E-state index contributed by atoms with van der Waals surface area (Å²) in [5.74, 6) is 0. The molecular formula is C86H52N6S. The maximum absolute atomic E-state index is 13.3. The van der Waals surface area contributed by atoms with Gasteiger partial charge < -0.3 is 18.3 Å². The molecule has 0 radical (unpaired) electrons. The van der Waals surface area contributed by atoms with Gasteiger partial charge in [-0.25, -0.2) is 4.98 Å². The van der Waals surface area contributed by atoms with E-state index in [2.05, 4.69) is 340 Å². The number of benzene rings is 14.